The molecule has 1 atom stereocenters. The maximum atomic E-state index is 13.2. The molecule has 1 aromatic rings. The molecule has 0 spiro atoms. The van der Waals surface area contributed by atoms with Crippen LogP contribution in [-0.4, -0.2) is 19.1 Å². The highest BCUT2D eigenvalue weighted by molar-refractivity contribution is 5.75. The summed E-state index contributed by atoms with van der Waals surface area (Å²) in [4.78, 5) is 11.0. The van der Waals surface area contributed by atoms with Crippen molar-refractivity contribution in [1.29, 1.82) is 0 Å². The summed E-state index contributed by atoms with van der Waals surface area (Å²) in [5, 5.41) is 2.88. The highest BCUT2D eigenvalue weighted by Crippen LogP contribution is 2.05. The number of halogens is 1. The smallest absolute Gasteiger partial charge is 0.322 e. The van der Waals surface area contributed by atoms with E-state index in [2.05, 4.69) is 10.1 Å². The second kappa shape index (κ2) is 5.46. The van der Waals surface area contributed by atoms with E-state index in [0.29, 0.717) is 12.1 Å². The third-order valence-electron chi connectivity index (χ3n) is 2.11. The highest BCUT2D eigenvalue weighted by Gasteiger charge is 2.12. The van der Waals surface area contributed by atoms with Gasteiger partial charge in [-0.2, -0.15) is 0 Å². The monoisotopic (exact) mass is 211 g/mol. The van der Waals surface area contributed by atoms with E-state index in [1.807, 2.05) is 0 Å². The van der Waals surface area contributed by atoms with Crippen molar-refractivity contribution >= 4 is 5.97 Å². The number of methoxy groups -OCH3 is 1. The predicted molar refractivity (Wildman–Crippen MR) is 54.7 cm³/mol. The topological polar surface area (TPSA) is 38.3 Å². The van der Waals surface area contributed by atoms with E-state index < -0.39 is 6.04 Å². The molecule has 3 nitrogen and oxygen atoms in total. The van der Waals surface area contributed by atoms with E-state index >= 15 is 0 Å². The van der Waals surface area contributed by atoms with Crippen LogP contribution in [0.4, 0.5) is 4.39 Å². The summed E-state index contributed by atoms with van der Waals surface area (Å²) in [6.45, 7) is 1.98. The van der Waals surface area contributed by atoms with Gasteiger partial charge in [-0.3, -0.25) is 4.79 Å². The predicted octanol–water partition coefficient (Wildman–Crippen LogP) is 1.48. The van der Waals surface area contributed by atoms with Gasteiger partial charge in [0.25, 0.3) is 0 Å². The van der Waals surface area contributed by atoms with Crippen LogP contribution in [-0.2, 0) is 16.1 Å². The summed E-state index contributed by atoms with van der Waals surface area (Å²) in [5.41, 5.74) is 0.535. The minimum Gasteiger partial charge on any atom is -0.468 e. The molecule has 0 fully saturated rings. The number of ether oxygens (including phenoxy) is 1. The lowest BCUT2D eigenvalue weighted by Crippen LogP contribution is -2.34. The van der Waals surface area contributed by atoms with Gasteiger partial charge in [-0.05, 0) is 13.0 Å². The molecule has 0 unspecified atom stereocenters. The molecule has 15 heavy (non-hydrogen) atoms. The summed E-state index contributed by atoms with van der Waals surface area (Å²) in [6.07, 6.45) is 0. The van der Waals surface area contributed by atoms with E-state index in [-0.39, 0.29) is 11.8 Å². The van der Waals surface area contributed by atoms with Crippen LogP contribution < -0.4 is 5.32 Å². The Morgan fingerprint density at radius 2 is 2.20 bits per heavy atom. The molecule has 0 aliphatic heterocycles. The van der Waals surface area contributed by atoms with Gasteiger partial charge in [0, 0.05) is 12.1 Å². The van der Waals surface area contributed by atoms with Crippen molar-refractivity contribution in [3.05, 3.63) is 35.6 Å². The number of rotatable bonds is 4. The molecule has 1 rings (SSSR count). The van der Waals surface area contributed by atoms with E-state index in [4.69, 9.17) is 0 Å². The number of hydrogen-bond acceptors (Lipinski definition) is 3. The van der Waals surface area contributed by atoms with Crippen LogP contribution >= 0.6 is 0 Å². The van der Waals surface area contributed by atoms with Crippen LogP contribution in [0.1, 0.15) is 12.5 Å². The average molecular weight is 211 g/mol. The third-order valence-corrected chi connectivity index (χ3v) is 2.11. The van der Waals surface area contributed by atoms with Gasteiger partial charge in [-0.1, -0.05) is 18.2 Å². The van der Waals surface area contributed by atoms with Crippen LogP contribution in [0.3, 0.4) is 0 Å². The zero-order valence-electron chi connectivity index (χ0n) is 8.79. The van der Waals surface area contributed by atoms with Crippen molar-refractivity contribution in [1.82, 2.24) is 5.32 Å². The van der Waals surface area contributed by atoms with Crippen LogP contribution in [0.15, 0.2) is 24.3 Å². The fourth-order valence-corrected chi connectivity index (χ4v) is 1.16. The molecule has 0 bridgehead atoms. The van der Waals surface area contributed by atoms with Gasteiger partial charge in [0.15, 0.2) is 0 Å². The molecule has 1 N–H and O–H groups in total. The van der Waals surface area contributed by atoms with Crippen LogP contribution in [0, 0.1) is 5.82 Å². The molecule has 0 aliphatic rings. The minimum atomic E-state index is -0.436. The molecule has 0 saturated carbocycles. The number of carbonyl (C=O) groups excluding carboxylic acids is 1. The SMILES string of the molecule is COC(=O)[C@H](C)NCc1ccccc1F. The molecule has 1 aromatic carbocycles. The Labute approximate surface area is 88.2 Å². The standard InChI is InChI=1S/C11H14FNO2/c1-8(11(14)15-2)13-7-9-5-3-4-6-10(9)12/h3-6,8,13H,7H2,1-2H3/t8-/m0/s1. The molecule has 0 amide bonds. The Morgan fingerprint density at radius 3 is 2.80 bits per heavy atom. The van der Waals surface area contributed by atoms with Crippen molar-refractivity contribution in [2.24, 2.45) is 0 Å². The molecule has 4 heteroatoms. The summed E-state index contributed by atoms with van der Waals surface area (Å²) < 4.78 is 17.7. The molecular weight excluding hydrogens is 197 g/mol. The first kappa shape index (κ1) is 11.7. The second-order valence-corrected chi connectivity index (χ2v) is 3.22. The summed E-state index contributed by atoms with van der Waals surface area (Å²) in [6, 6.07) is 6.01. The van der Waals surface area contributed by atoms with Crippen molar-refractivity contribution in [3.63, 3.8) is 0 Å². The second-order valence-electron chi connectivity index (χ2n) is 3.22. The van der Waals surface area contributed by atoms with Crippen LogP contribution in [0.25, 0.3) is 0 Å². The minimum absolute atomic E-state index is 0.276. The van der Waals surface area contributed by atoms with Crippen molar-refractivity contribution in [2.45, 2.75) is 19.5 Å². The van der Waals surface area contributed by atoms with Gasteiger partial charge in [0.1, 0.15) is 11.9 Å². The Morgan fingerprint density at radius 1 is 1.53 bits per heavy atom. The number of benzene rings is 1. The molecule has 0 saturated heterocycles. The fraction of sp³-hybridized carbons (Fsp3) is 0.364. The van der Waals surface area contributed by atoms with Crippen molar-refractivity contribution in [3.8, 4) is 0 Å². The van der Waals surface area contributed by atoms with Crippen LogP contribution in [0.5, 0.6) is 0 Å². The Bertz CT molecular complexity index is 341. The Hall–Kier alpha value is -1.42. The fourth-order valence-electron chi connectivity index (χ4n) is 1.16. The molecule has 0 heterocycles. The first-order valence-electron chi connectivity index (χ1n) is 4.69. The van der Waals surface area contributed by atoms with Gasteiger partial charge >= 0.3 is 5.97 Å². The van der Waals surface area contributed by atoms with Gasteiger partial charge in [0.2, 0.25) is 0 Å². The number of nitrogens with one attached hydrogen (secondary N) is 1. The zero-order chi connectivity index (χ0) is 11.3. The average Bonchev–Trinajstić information content (AvgIpc) is 2.26. The molecule has 0 radical (unpaired) electrons. The molecule has 0 aromatic heterocycles. The van der Waals surface area contributed by atoms with E-state index in [1.54, 1.807) is 25.1 Å². The maximum Gasteiger partial charge on any atom is 0.322 e. The summed E-state index contributed by atoms with van der Waals surface area (Å²) in [5.74, 6) is -0.631. The normalized spacial score (nSPS) is 12.2. The lowest BCUT2D eigenvalue weighted by molar-refractivity contribution is -0.142. The van der Waals surface area contributed by atoms with Gasteiger partial charge in [-0.15, -0.1) is 0 Å². The lowest BCUT2D eigenvalue weighted by atomic mass is 10.2. The lowest BCUT2D eigenvalue weighted by Gasteiger charge is -2.11. The maximum absolute atomic E-state index is 13.2. The van der Waals surface area contributed by atoms with E-state index in [9.17, 15) is 9.18 Å². The first-order valence-corrected chi connectivity index (χ1v) is 4.69. The van der Waals surface area contributed by atoms with E-state index in [0.717, 1.165) is 0 Å². The van der Waals surface area contributed by atoms with Gasteiger partial charge < -0.3 is 10.1 Å². The summed E-state index contributed by atoms with van der Waals surface area (Å²) in [7, 11) is 1.32. The number of carbonyl (C=O) groups is 1. The third kappa shape index (κ3) is 3.32. The Kier molecular flexibility index (Phi) is 4.24. The highest BCUT2D eigenvalue weighted by atomic mass is 19.1. The largest absolute Gasteiger partial charge is 0.468 e. The van der Waals surface area contributed by atoms with Crippen molar-refractivity contribution < 1.29 is 13.9 Å². The van der Waals surface area contributed by atoms with Crippen molar-refractivity contribution in [2.75, 3.05) is 7.11 Å². The molecular formula is C11H14FNO2. The summed E-state index contributed by atoms with van der Waals surface area (Å²) >= 11 is 0. The first-order chi connectivity index (χ1) is 7.15. The van der Waals surface area contributed by atoms with Gasteiger partial charge in [-0.25, -0.2) is 4.39 Å². The number of esters is 1. The van der Waals surface area contributed by atoms with Crippen LogP contribution in [0.2, 0.25) is 0 Å². The van der Waals surface area contributed by atoms with Gasteiger partial charge in [0.05, 0.1) is 7.11 Å². The molecule has 0 aliphatic carbocycles. The van der Waals surface area contributed by atoms with E-state index in [1.165, 1.54) is 13.2 Å². The molecule has 82 valence electrons. The zero-order valence-corrected chi connectivity index (χ0v) is 8.79. The Balaban J connectivity index is 2.50. The number of hydrogen-bond donors (Lipinski definition) is 1. The quantitative estimate of drug-likeness (QED) is 0.766.